The lowest BCUT2D eigenvalue weighted by atomic mass is 10.1. The highest BCUT2D eigenvalue weighted by atomic mass is 35.5. The molecule has 0 fully saturated rings. The van der Waals surface area contributed by atoms with Gasteiger partial charge in [0.2, 0.25) is 0 Å². The van der Waals surface area contributed by atoms with Gasteiger partial charge in [-0.05, 0) is 43.7 Å². The molecule has 0 saturated heterocycles. The molecule has 0 aliphatic rings. The summed E-state index contributed by atoms with van der Waals surface area (Å²) < 4.78 is 0. The molecule has 3 N–H and O–H groups in total. The first-order chi connectivity index (χ1) is 9.38. The van der Waals surface area contributed by atoms with Crippen LogP contribution in [0.3, 0.4) is 0 Å². The number of hydrogen-bond donors (Lipinski definition) is 2. The summed E-state index contributed by atoms with van der Waals surface area (Å²) in [4.78, 5) is 12.2. The number of carbonyl (C=O) groups is 1. The van der Waals surface area contributed by atoms with Crippen molar-refractivity contribution in [3.05, 3.63) is 57.1 Å². The van der Waals surface area contributed by atoms with Gasteiger partial charge in [-0.25, -0.2) is 0 Å². The summed E-state index contributed by atoms with van der Waals surface area (Å²) in [5.41, 5.74) is 8.92. The number of aryl methyl sites for hydroxylation is 2. The third-order valence-electron chi connectivity index (χ3n) is 2.95. The number of nitrogens with two attached hydrogens (primary N) is 1. The van der Waals surface area contributed by atoms with Gasteiger partial charge in [-0.2, -0.15) is 0 Å². The van der Waals surface area contributed by atoms with Crippen LogP contribution < -0.4 is 11.1 Å². The van der Waals surface area contributed by atoms with Crippen molar-refractivity contribution < 1.29 is 4.79 Å². The second-order valence-electron chi connectivity index (χ2n) is 4.63. The Hall–Kier alpha value is -1.71. The molecule has 0 atom stereocenters. The second kappa shape index (κ2) is 5.73. The number of nitrogen functional groups attached to an aromatic ring is 1. The number of carbonyl (C=O) groups excluding carboxylic acids is 1. The Balaban J connectivity index is 2.32. The molecule has 20 heavy (non-hydrogen) atoms. The molecule has 0 aliphatic carbocycles. The van der Waals surface area contributed by atoms with Gasteiger partial charge in [0.05, 0.1) is 16.3 Å². The predicted octanol–water partition coefficient (Wildman–Crippen LogP) is 4.44. The van der Waals surface area contributed by atoms with E-state index in [0.29, 0.717) is 27.0 Å². The van der Waals surface area contributed by atoms with Gasteiger partial charge >= 0.3 is 0 Å². The van der Waals surface area contributed by atoms with Gasteiger partial charge < -0.3 is 11.1 Å². The van der Waals surface area contributed by atoms with Gasteiger partial charge in [0, 0.05) is 10.7 Å². The van der Waals surface area contributed by atoms with Crippen molar-refractivity contribution >= 4 is 40.5 Å². The van der Waals surface area contributed by atoms with E-state index in [9.17, 15) is 4.79 Å². The van der Waals surface area contributed by atoms with Crippen LogP contribution >= 0.6 is 23.2 Å². The molecule has 0 spiro atoms. The van der Waals surface area contributed by atoms with E-state index in [1.165, 1.54) is 0 Å². The lowest BCUT2D eigenvalue weighted by Gasteiger charge is -2.11. The fourth-order valence-electron chi connectivity index (χ4n) is 1.80. The van der Waals surface area contributed by atoms with Crippen molar-refractivity contribution in [2.75, 3.05) is 11.1 Å². The zero-order valence-corrected chi connectivity index (χ0v) is 12.6. The molecule has 0 saturated carbocycles. The highest BCUT2D eigenvalue weighted by molar-refractivity contribution is 6.36. The fraction of sp³-hybridized carbons (Fsp3) is 0.133. The molecule has 0 radical (unpaired) electrons. The average Bonchev–Trinajstić information content (AvgIpc) is 2.38. The molecule has 0 bridgehead atoms. The van der Waals surface area contributed by atoms with Crippen LogP contribution in [0.2, 0.25) is 10.0 Å². The van der Waals surface area contributed by atoms with Crippen molar-refractivity contribution in [3.63, 3.8) is 0 Å². The Morgan fingerprint density at radius 2 is 1.80 bits per heavy atom. The topological polar surface area (TPSA) is 55.1 Å². The van der Waals surface area contributed by atoms with Crippen molar-refractivity contribution in [3.8, 4) is 0 Å². The Morgan fingerprint density at radius 3 is 2.50 bits per heavy atom. The highest BCUT2D eigenvalue weighted by Crippen LogP contribution is 2.29. The number of halogens is 2. The van der Waals surface area contributed by atoms with Crippen LogP contribution in [-0.4, -0.2) is 5.91 Å². The minimum atomic E-state index is -0.312. The van der Waals surface area contributed by atoms with Crippen molar-refractivity contribution in [2.24, 2.45) is 0 Å². The van der Waals surface area contributed by atoms with Crippen LogP contribution in [-0.2, 0) is 0 Å². The lowest BCUT2D eigenvalue weighted by Crippen LogP contribution is -2.14. The predicted molar refractivity (Wildman–Crippen MR) is 84.7 cm³/mol. The smallest absolute Gasteiger partial charge is 0.257 e. The first-order valence-corrected chi connectivity index (χ1v) is 6.77. The zero-order valence-electron chi connectivity index (χ0n) is 11.1. The van der Waals surface area contributed by atoms with Crippen LogP contribution in [0.4, 0.5) is 11.4 Å². The number of rotatable bonds is 2. The quantitative estimate of drug-likeness (QED) is 0.806. The molecular weight excluding hydrogens is 295 g/mol. The van der Waals surface area contributed by atoms with Gasteiger partial charge in [-0.15, -0.1) is 0 Å². The summed E-state index contributed by atoms with van der Waals surface area (Å²) in [6.07, 6.45) is 0. The number of hydrogen-bond acceptors (Lipinski definition) is 2. The van der Waals surface area contributed by atoms with E-state index in [1.54, 1.807) is 24.3 Å². The molecule has 2 aromatic carbocycles. The molecule has 0 aromatic heterocycles. The van der Waals surface area contributed by atoms with Crippen molar-refractivity contribution in [2.45, 2.75) is 13.8 Å². The highest BCUT2D eigenvalue weighted by Gasteiger charge is 2.13. The minimum absolute atomic E-state index is 0.312. The minimum Gasteiger partial charge on any atom is -0.398 e. The number of anilines is 2. The number of nitrogens with one attached hydrogen (secondary N) is 1. The van der Waals surface area contributed by atoms with Gasteiger partial charge in [-0.3, -0.25) is 4.79 Å². The van der Waals surface area contributed by atoms with Crippen LogP contribution in [0.15, 0.2) is 30.3 Å². The molecule has 0 aliphatic heterocycles. The monoisotopic (exact) mass is 308 g/mol. The molecule has 0 heterocycles. The van der Waals surface area contributed by atoms with E-state index in [0.717, 1.165) is 11.1 Å². The third kappa shape index (κ3) is 3.06. The lowest BCUT2D eigenvalue weighted by molar-refractivity contribution is 0.102. The van der Waals surface area contributed by atoms with E-state index >= 15 is 0 Å². The maximum absolute atomic E-state index is 12.2. The molecule has 1 amide bonds. The van der Waals surface area contributed by atoms with E-state index in [1.807, 2.05) is 19.9 Å². The molecular formula is C15H14Cl2N2O. The van der Waals surface area contributed by atoms with E-state index < -0.39 is 0 Å². The number of benzene rings is 2. The fourth-order valence-corrected chi connectivity index (χ4v) is 2.23. The molecule has 2 rings (SSSR count). The van der Waals surface area contributed by atoms with Crippen LogP contribution in [0.25, 0.3) is 0 Å². The molecule has 2 aromatic rings. The molecule has 5 heteroatoms. The summed E-state index contributed by atoms with van der Waals surface area (Å²) in [5.74, 6) is -0.312. The Bertz CT molecular complexity index is 684. The van der Waals surface area contributed by atoms with Gasteiger partial charge in [0.1, 0.15) is 0 Å². The maximum Gasteiger partial charge on any atom is 0.257 e. The normalized spacial score (nSPS) is 10.4. The van der Waals surface area contributed by atoms with E-state index in [4.69, 9.17) is 28.9 Å². The van der Waals surface area contributed by atoms with E-state index in [-0.39, 0.29) is 5.91 Å². The summed E-state index contributed by atoms with van der Waals surface area (Å²) in [7, 11) is 0. The number of amides is 1. The van der Waals surface area contributed by atoms with Crippen molar-refractivity contribution in [1.29, 1.82) is 0 Å². The average molecular weight is 309 g/mol. The van der Waals surface area contributed by atoms with Crippen LogP contribution in [0.5, 0.6) is 0 Å². The van der Waals surface area contributed by atoms with Gasteiger partial charge in [-0.1, -0.05) is 34.8 Å². The zero-order chi connectivity index (χ0) is 14.9. The van der Waals surface area contributed by atoms with Crippen LogP contribution in [0, 0.1) is 13.8 Å². The summed E-state index contributed by atoms with van der Waals surface area (Å²) in [6, 6.07) is 8.62. The van der Waals surface area contributed by atoms with Crippen LogP contribution in [0.1, 0.15) is 21.5 Å². The Kier molecular flexibility index (Phi) is 4.21. The van der Waals surface area contributed by atoms with Crippen molar-refractivity contribution in [1.82, 2.24) is 0 Å². The second-order valence-corrected chi connectivity index (χ2v) is 5.44. The maximum atomic E-state index is 12.2. The Labute approximate surface area is 127 Å². The van der Waals surface area contributed by atoms with Gasteiger partial charge in [0.25, 0.3) is 5.91 Å². The summed E-state index contributed by atoms with van der Waals surface area (Å²) in [5, 5.41) is 3.71. The standard InChI is InChI=1S/C15H14Cl2N2O/c1-8-3-4-13(18)10(5-8)15(20)19-14-7-11(16)9(2)6-12(14)17/h3-7H,18H2,1-2H3,(H,19,20). The molecule has 104 valence electrons. The summed E-state index contributed by atoms with van der Waals surface area (Å²) >= 11 is 12.1. The van der Waals surface area contributed by atoms with E-state index in [2.05, 4.69) is 5.32 Å². The third-order valence-corrected chi connectivity index (χ3v) is 3.67. The summed E-state index contributed by atoms with van der Waals surface area (Å²) in [6.45, 7) is 3.74. The van der Waals surface area contributed by atoms with Gasteiger partial charge in [0.15, 0.2) is 0 Å². The SMILES string of the molecule is Cc1ccc(N)c(C(=O)Nc2cc(Cl)c(C)cc2Cl)c1. The first kappa shape index (κ1) is 14.7. The largest absolute Gasteiger partial charge is 0.398 e. The Morgan fingerprint density at radius 1 is 1.10 bits per heavy atom. The molecule has 3 nitrogen and oxygen atoms in total. The first-order valence-electron chi connectivity index (χ1n) is 6.01. The molecule has 0 unspecified atom stereocenters.